The van der Waals surface area contributed by atoms with Crippen molar-refractivity contribution in [3.05, 3.63) is 11.6 Å². The molecule has 1 heteroatoms. The molecule has 0 aromatic heterocycles. The van der Waals surface area contributed by atoms with E-state index >= 15 is 0 Å². The second kappa shape index (κ2) is 4.85. The van der Waals surface area contributed by atoms with Crippen LogP contribution in [0.3, 0.4) is 0 Å². The fourth-order valence-electron chi connectivity index (χ4n) is 6.82. The van der Waals surface area contributed by atoms with Gasteiger partial charge in [0.05, 0.1) is 6.10 Å². The van der Waals surface area contributed by atoms with Crippen LogP contribution in [0.1, 0.15) is 71.6 Å². The van der Waals surface area contributed by atoms with Crippen molar-refractivity contribution in [3.63, 3.8) is 0 Å². The molecule has 3 saturated carbocycles. The Hall–Kier alpha value is -0.300. The molecule has 3 fully saturated rings. The predicted molar refractivity (Wildman–Crippen MR) is 87.1 cm³/mol. The molecule has 4 aliphatic rings. The van der Waals surface area contributed by atoms with Crippen LogP contribution in [0.2, 0.25) is 0 Å². The second-order valence-corrected chi connectivity index (χ2v) is 8.94. The molecule has 0 amide bonds. The third kappa shape index (κ3) is 1.99. The Morgan fingerprint density at radius 3 is 2.71 bits per heavy atom. The molecule has 6 unspecified atom stereocenters. The largest absolute Gasteiger partial charge is 0.381 e. The average Bonchev–Trinajstić information content (AvgIpc) is 2.88. The van der Waals surface area contributed by atoms with Gasteiger partial charge in [0.15, 0.2) is 0 Å². The summed E-state index contributed by atoms with van der Waals surface area (Å²) in [5.41, 5.74) is 2.94. The molecule has 0 bridgehead atoms. The summed E-state index contributed by atoms with van der Waals surface area (Å²) in [5, 5.41) is 0. The van der Waals surface area contributed by atoms with Crippen LogP contribution in [-0.2, 0) is 4.74 Å². The lowest BCUT2D eigenvalue weighted by Gasteiger charge is -2.57. The van der Waals surface area contributed by atoms with E-state index in [9.17, 15) is 0 Å². The molecule has 118 valence electrons. The maximum Gasteiger partial charge on any atom is 0.0608 e. The lowest BCUT2D eigenvalue weighted by atomic mass is 9.48. The summed E-state index contributed by atoms with van der Waals surface area (Å²) in [6, 6.07) is 0. The predicted octanol–water partition coefficient (Wildman–Crippen LogP) is 5.35. The van der Waals surface area contributed by atoms with E-state index in [4.69, 9.17) is 4.74 Å². The van der Waals surface area contributed by atoms with E-state index in [1.807, 2.05) is 7.11 Å². The number of allylic oxidation sites excluding steroid dienone is 1. The number of ether oxygens (including phenoxy) is 1. The summed E-state index contributed by atoms with van der Waals surface area (Å²) >= 11 is 0. The van der Waals surface area contributed by atoms with E-state index in [1.54, 1.807) is 5.57 Å². The van der Waals surface area contributed by atoms with E-state index in [0.29, 0.717) is 16.9 Å². The molecular formula is C20H32O. The molecule has 0 radical (unpaired) electrons. The first-order valence-corrected chi connectivity index (χ1v) is 9.29. The maximum absolute atomic E-state index is 5.67. The summed E-state index contributed by atoms with van der Waals surface area (Å²) in [4.78, 5) is 0. The van der Waals surface area contributed by atoms with Gasteiger partial charge in [-0.3, -0.25) is 0 Å². The fraction of sp³-hybridized carbons (Fsp3) is 0.900. The lowest BCUT2D eigenvalue weighted by molar-refractivity contribution is -0.0409. The van der Waals surface area contributed by atoms with Crippen molar-refractivity contribution in [1.29, 1.82) is 0 Å². The van der Waals surface area contributed by atoms with Crippen molar-refractivity contribution in [2.45, 2.75) is 77.7 Å². The molecule has 0 saturated heterocycles. The molecule has 0 heterocycles. The Labute approximate surface area is 130 Å². The molecule has 4 rings (SSSR count). The van der Waals surface area contributed by atoms with Crippen molar-refractivity contribution in [2.75, 3.05) is 7.11 Å². The van der Waals surface area contributed by atoms with Crippen LogP contribution in [0.25, 0.3) is 0 Å². The fourth-order valence-corrected chi connectivity index (χ4v) is 6.82. The number of methoxy groups -OCH3 is 1. The summed E-state index contributed by atoms with van der Waals surface area (Å²) in [7, 11) is 1.89. The van der Waals surface area contributed by atoms with E-state index in [1.165, 1.54) is 57.8 Å². The Bertz CT molecular complexity index is 453. The topological polar surface area (TPSA) is 9.23 Å². The second-order valence-electron chi connectivity index (χ2n) is 8.94. The van der Waals surface area contributed by atoms with Gasteiger partial charge in [-0.1, -0.05) is 31.9 Å². The first kappa shape index (κ1) is 14.3. The van der Waals surface area contributed by atoms with Gasteiger partial charge in [0.2, 0.25) is 0 Å². The Morgan fingerprint density at radius 1 is 1.05 bits per heavy atom. The minimum absolute atomic E-state index is 0.487. The zero-order valence-electron chi connectivity index (χ0n) is 14.2. The number of rotatable bonds is 1. The van der Waals surface area contributed by atoms with Crippen LogP contribution in [0, 0.1) is 28.6 Å². The molecule has 0 aromatic carbocycles. The van der Waals surface area contributed by atoms with Gasteiger partial charge in [-0.15, -0.1) is 0 Å². The molecular weight excluding hydrogens is 256 g/mol. The summed E-state index contributed by atoms with van der Waals surface area (Å²) in [6.07, 6.45) is 15.8. The molecule has 0 N–H and O–H groups in total. The lowest BCUT2D eigenvalue weighted by Crippen LogP contribution is -2.49. The van der Waals surface area contributed by atoms with E-state index in [-0.39, 0.29) is 0 Å². The van der Waals surface area contributed by atoms with Gasteiger partial charge in [0, 0.05) is 7.11 Å². The van der Waals surface area contributed by atoms with Crippen LogP contribution in [0.5, 0.6) is 0 Å². The first-order valence-electron chi connectivity index (χ1n) is 9.29. The number of hydrogen-bond donors (Lipinski definition) is 0. The highest BCUT2D eigenvalue weighted by atomic mass is 16.5. The van der Waals surface area contributed by atoms with Gasteiger partial charge >= 0.3 is 0 Å². The molecule has 4 aliphatic carbocycles. The summed E-state index contributed by atoms with van der Waals surface area (Å²) in [5.74, 6) is 2.97. The zero-order chi connectivity index (χ0) is 14.7. The number of fused-ring (bicyclic) bond motifs is 5. The summed E-state index contributed by atoms with van der Waals surface area (Å²) in [6.45, 7) is 5.20. The van der Waals surface area contributed by atoms with Gasteiger partial charge in [-0.25, -0.2) is 0 Å². The molecule has 6 atom stereocenters. The molecule has 1 nitrogen and oxygen atoms in total. The van der Waals surface area contributed by atoms with Crippen LogP contribution < -0.4 is 0 Å². The third-order valence-electron chi connectivity index (χ3n) is 8.17. The monoisotopic (exact) mass is 288 g/mol. The molecule has 0 aromatic rings. The van der Waals surface area contributed by atoms with Crippen molar-refractivity contribution < 1.29 is 4.74 Å². The first-order chi connectivity index (χ1) is 10.1. The van der Waals surface area contributed by atoms with Gasteiger partial charge in [0.25, 0.3) is 0 Å². The van der Waals surface area contributed by atoms with Gasteiger partial charge < -0.3 is 4.74 Å². The SMILES string of the molecule is COC1CCC2(C)C(=CCC3C4CCCC4(C)CCC32)C1. The number of hydrogen-bond acceptors (Lipinski definition) is 1. The van der Waals surface area contributed by atoms with E-state index in [2.05, 4.69) is 19.9 Å². The van der Waals surface area contributed by atoms with Crippen LogP contribution in [0.15, 0.2) is 11.6 Å². The van der Waals surface area contributed by atoms with Crippen molar-refractivity contribution in [3.8, 4) is 0 Å². The Morgan fingerprint density at radius 2 is 1.90 bits per heavy atom. The standard InChI is InChI=1S/C20H32O/c1-19-10-4-5-17(19)16-7-6-14-13-15(21-3)8-12-20(14,2)18(16)9-11-19/h6,15-18H,4-5,7-13H2,1-3H3. The molecule has 0 spiro atoms. The average molecular weight is 288 g/mol. The van der Waals surface area contributed by atoms with Crippen LogP contribution >= 0.6 is 0 Å². The summed E-state index contributed by atoms with van der Waals surface area (Å²) < 4.78 is 5.67. The van der Waals surface area contributed by atoms with Crippen LogP contribution in [0.4, 0.5) is 0 Å². The highest BCUT2D eigenvalue weighted by Crippen LogP contribution is 2.64. The smallest absolute Gasteiger partial charge is 0.0608 e. The maximum atomic E-state index is 5.67. The quantitative estimate of drug-likeness (QED) is 0.591. The van der Waals surface area contributed by atoms with E-state index < -0.39 is 0 Å². The zero-order valence-corrected chi connectivity index (χ0v) is 14.2. The Balaban J connectivity index is 1.64. The van der Waals surface area contributed by atoms with Gasteiger partial charge in [0.1, 0.15) is 0 Å². The molecule has 21 heavy (non-hydrogen) atoms. The van der Waals surface area contributed by atoms with Crippen molar-refractivity contribution >= 4 is 0 Å². The molecule has 0 aliphatic heterocycles. The highest BCUT2D eigenvalue weighted by molar-refractivity contribution is 5.25. The van der Waals surface area contributed by atoms with Crippen molar-refractivity contribution in [1.82, 2.24) is 0 Å². The van der Waals surface area contributed by atoms with Crippen molar-refractivity contribution in [2.24, 2.45) is 28.6 Å². The Kier molecular flexibility index (Phi) is 3.30. The minimum atomic E-state index is 0.487. The van der Waals surface area contributed by atoms with E-state index in [0.717, 1.165) is 17.8 Å². The third-order valence-corrected chi connectivity index (χ3v) is 8.17. The van der Waals surface area contributed by atoms with Crippen LogP contribution in [-0.4, -0.2) is 13.2 Å². The van der Waals surface area contributed by atoms with Gasteiger partial charge in [-0.05, 0) is 80.0 Å². The highest BCUT2D eigenvalue weighted by Gasteiger charge is 2.55. The van der Waals surface area contributed by atoms with Gasteiger partial charge in [-0.2, -0.15) is 0 Å². The minimum Gasteiger partial charge on any atom is -0.381 e. The normalized spacial score (nSPS) is 52.6.